The Labute approximate surface area is 85.7 Å². The van der Waals surface area contributed by atoms with Gasteiger partial charge in [0.25, 0.3) is 0 Å². The van der Waals surface area contributed by atoms with Gasteiger partial charge in [-0.2, -0.15) is 8.42 Å². The fraction of sp³-hybridized carbons (Fsp3) is 0.143. The Morgan fingerprint density at radius 2 is 2.29 bits per heavy atom. The van der Waals surface area contributed by atoms with Crippen LogP contribution >= 0.6 is 11.3 Å². The molecule has 0 aromatic carbocycles. The van der Waals surface area contributed by atoms with Crippen LogP contribution in [0.1, 0.15) is 4.88 Å². The first-order chi connectivity index (χ1) is 6.54. The van der Waals surface area contributed by atoms with E-state index in [4.69, 9.17) is 4.55 Å². The molecule has 0 fully saturated rings. The van der Waals surface area contributed by atoms with Gasteiger partial charge in [0.2, 0.25) is 0 Å². The van der Waals surface area contributed by atoms with E-state index in [1.807, 2.05) is 0 Å². The molecule has 0 aliphatic heterocycles. The fourth-order valence-corrected chi connectivity index (χ4v) is 2.34. The molecule has 1 heterocycles. The third kappa shape index (κ3) is 3.11. The number of hydrogen-bond donors (Lipinski definition) is 2. The predicted octanol–water partition coefficient (Wildman–Crippen LogP) is 1.12. The van der Waals surface area contributed by atoms with Crippen molar-refractivity contribution in [3.63, 3.8) is 0 Å². The van der Waals surface area contributed by atoms with E-state index in [0.29, 0.717) is 4.88 Å². The van der Waals surface area contributed by atoms with Crippen LogP contribution in [-0.2, 0) is 15.0 Å². The summed E-state index contributed by atoms with van der Waals surface area (Å²) in [4.78, 5) is 5.23. The summed E-state index contributed by atoms with van der Waals surface area (Å²) in [5.41, 5.74) is 2.46. The van der Waals surface area contributed by atoms with Crippen LogP contribution in [0.3, 0.4) is 0 Å². The van der Waals surface area contributed by atoms with Gasteiger partial charge in [-0.15, -0.1) is 11.3 Å². The Balaban J connectivity index is 2.79. The maximum atomic E-state index is 10.7. The van der Waals surface area contributed by atoms with Gasteiger partial charge >= 0.3 is 10.1 Å². The van der Waals surface area contributed by atoms with Crippen molar-refractivity contribution in [2.24, 2.45) is 0 Å². The molecule has 1 aromatic rings. The van der Waals surface area contributed by atoms with E-state index in [2.05, 4.69) is 10.3 Å². The van der Waals surface area contributed by atoms with Crippen molar-refractivity contribution in [3.05, 3.63) is 23.2 Å². The molecule has 0 saturated carbocycles. The molecule has 0 radical (unpaired) electrons. The lowest BCUT2D eigenvalue weighted by molar-refractivity contribution is 0.129. The largest absolute Gasteiger partial charge is 0.304 e. The molecule has 0 aliphatic rings. The molecule has 0 aliphatic carbocycles. The van der Waals surface area contributed by atoms with E-state index in [9.17, 15) is 8.42 Å². The quantitative estimate of drug-likeness (QED) is 0.604. The van der Waals surface area contributed by atoms with E-state index in [-0.39, 0.29) is 4.21 Å². The minimum Gasteiger partial charge on any atom is -0.281 e. The summed E-state index contributed by atoms with van der Waals surface area (Å²) in [7, 11) is -2.62. The van der Waals surface area contributed by atoms with Gasteiger partial charge in [0.1, 0.15) is 4.21 Å². The minimum atomic E-state index is -4.08. The summed E-state index contributed by atoms with van der Waals surface area (Å²) in [5, 5.41) is 0. The molecule has 14 heavy (non-hydrogen) atoms. The van der Waals surface area contributed by atoms with E-state index in [1.165, 1.54) is 19.4 Å². The molecule has 7 heteroatoms. The molecule has 1 aromatic heterocycles. The lowest BCUT2D eigenvalue weighted by Crippen LogP contribution is -1.99. The van der Waals surface area contributed by atoms with Gasteiger partial charge in [0.15, 0.2) is 0 Å². The van der Waals surface area contributed by atoms with Crippen LogP contribution in [-0.4, -0.2) is 20.1 Å². The molecule has 1 rings (SSSR count). The van der Waals surface area contributed by atoms with Gasteiger partial charge < -0.3 is 0 Å². The van der Waals surface area contributed by atoms with Gasteiger partial charge in [0, 0.05) is 11.1 Å². The number of hydrogen-bond acceptors (Lipinski definition) is 5. The van der Waals surface area contributed by atoms with Gasteiger partial charge in [0.05, 0.1) is 7.11 Å². The fourth-order valence-electron chi connectivity index (χ4n) is 0.747. The molecule has 0 amide bonds. The third-order valence-electron chi connectivity index (χ3n) is 1.29. The minimum absolute atomic E-state index is 0.0745. The van der Waals surface area contributed by atoms with Crippen molar-refractivity contribution in [1.29, 1.82) is 0 Å². The number of rotatable bonds is 4. The van der Waals surface area contributed by atoms with Crippen molar-refractivity contribution in [2.45, 2.75) is 4.21 Å². The highest BCUT2D eigenvalue weighted by atomic mass is 32.3. The van der Waals surface area contributed by atoms with Crippen LogP contribution < -0.4 is 5.48 Å². The first-order valence-electron chi connectivity index (χ1n) is 3.56. The Morgan fingerprint density at radius 3 is 2.79 bits per heavy atom. The lowest BCUT2D eigenvalue weighted by atomic mass is 10.5. The topological polar surface area (TPSA) is 75.6 Å². The van der Waals surface area contributed by atoms with Crippen molar-refractivity contribution >= 4 is 27.5 Å². The average molecular weight is 235 g/mol. The number of hydroxylamine groups is 1. The van der Waals surface area contributed by atoms with E-state index < -0.39 is 10.1 Å². The summed E-state index contributed by atoms with van der Waals surface area (Å²) in [6, 6.07) is 2.92. The zero-order valence-corrected chi connectivity index (χ0v) is 8.93. The second-order valence-electron chi connectivity index (χ2n) is 2.29. The Kier molecular flexibility index (Phi) is 3.64. The SMILES string of the molecule is CONC=Cc1ccc(S(=O)(=O)O)s1. The molecule has 2 N–H and O–H groups in total. The van der Waals surface area contributed by atoms with Crippen LogP contribution in [0, 0.1) is 0 Å². The summed E-state index contributed by atoms with van der Waals surface area (Å²) >= 11 is 0.970. The Hall–Kier alpha value is -0.890. The van der Waals surface area contributed by atoms with Crippen molar-refractivity contribution < 1.29 is 17.8 Å². The van der Waals surface area contributed by atoms with Crippen molar-refractivity contribution in [3.8, 4) is 0 Å². The Morgan fingerprint density at radius 1 is 1.57 bits per heavy atom. The van der Waals surface area contributed by atoms with Crippen molar-refractivity contribution in [1.82, 2.24) is 5.48 Å². The molecule has 5 nitrogen and oxygen atoms in total. The molecule has 0 bridgehead atoms. The zero-order chi connectivity index (χ0) is 10.6. The first kappa shape index (κ1) is 11.2. The predicted molar refractivity (Wildman–Crippen MR) is 53.3 cm³/mol. The first-order valence-corrected chi connectivity index (χ1v) is 5.82. The monoisotopic (exact) mass is 235 g/mol. The van der Waals surface area contributed by atoms with Crippen LogP contribution in [0.5, 0.6) is 0 Å². The summed E-state index contributed by atoms with van der Waals surface area (Å²) < 4.78 is 30.0. The number of nitrogens with one attached hydrogen (secondary N) is 1. The standard InChI is InChI=1S/C7H9NO4S2/c1-12-8-5-4-6-2-3-7(13-6)14(9,10)11/h2-5,8H,1H3,(H,9,10,11). The molecule has 0 saturated heterocycles. The normalized spacial score (nSPS) is 12.1. The number of thiophene rings is 1. The second-order valence-corrected chi connectivity index (χ2v) is 5.05. The van der Waals surface area contributed by atoms with Gasteiger partial charge in [-0.05, 0) is 18.2 Å². The molecule has 0 spiro atoms. The van der Waals surface area contributed by atoms with E-state index in [1.54, 1.807) is 12.1 Å². The summed E-state index contributed by atoms with van der Waals surface area (Å²) in [5.74, 6) is 0. The maximum Gasteiger partial charge on any atom is 0.304 e. The van der Waals surface area contributed by atoms with Crippen LogP contribution in [0.25, 0.3) is 6.08 Å². The molecular weight excluding hydrogens is 226 g/mol. The third-order valence-corrected chi connectivity index (χ3v) is 3.66. The highest BCUT2D eigenvalue weighted by molar-refractivity contribution is 7.88. The van der Waals surface area contributed by atoms with Crippen molar-refractivity contribution in [2.75, 3.05) is 7.11 Å². The highest BCUT2D eigenvalue weighted by Gasteiger charge is 2.11. The van der Waals surface area contributed by atoms with E-state index in [0.717, 1.165) is 11.3 Å². The summed E-state index contributed by atoms with van der Waals surface area (Å²) in [6.45, 7) is 0. The summed E-state index contributed by atoms with van der Waals surface area (Å²) in [6.07, 6.45) is 3.14. The van der Waals surface area contributed by atoms with Crippen LogP contribution in [0.4, 0.5) is 0 Å². The highest BCUT2D eigenvalue weighted by Crippen LogP contribution is 2.21. The van der Waals surface area contributed by atoms with Gasteiger partial charge in [-0.3, -0.25) is 14.9 Å². The smallest absolute Gasteiger partial charge is 0.281 e. The molecule has 0 unspecified atom stereocenters. The Bertz CT molecular complexity index is 421. The molecular formula is C7H9NO4S2. The second kappa shape index (κ2) is 4.56. The van der Waals surface area contributed by atoms with Gasteiger partial charge in [-0.1, -0.05) is 0 Å². The average Bonchev–Trinajstić information content (AvgIpc) is 2.52. The molecule has 0 atom stereocenters. The van der Waals surface area contributed by atoms with Crippen LogP contribution in [0.15, 0.2) is 22.5 Å². The van der Waals surface area contributed by atoms with Crippen LogP contribution in [0.2, 0.25) is 0 Å². The van der Waals surface area contributed by atoms with E-state index >= 15 is 0 Å². The lowest BCUT2D eigenvalue weighted by Gasteiger charge is -1.91. The van der Waals surface area contributed by atoms with Gasteiger partial charge in [-0.25, -0.2) is 0 Å². The molecule has 78 valence electrons. The maximum absolute atomic E-state index is 10.7. The zero-order valence-electron chi connectivity index (χ0n) is 7.30.